The summed E-state index contributed by atoms with van der Waals surface area (Å²) in [6.45, 7) is 2.34. The molecular weight excluding hydrogens is 683 g/mol. The van der Waals surface area contributed by atoms with Crippen LogP contribution in [0.4, 0.5) is 20.6 Å². The van der Waals surface area contributed by atoms with Crippen LogP contribution in [0.3, 0.4) is 0 Å². The Kier molecular flexibility index (Phi) is 10.7. The molecule has 3 heterocycles. The summed E-state index contributed by atoms with van der Waals surface area (Å²) in [6, 6.07) is 2.99. The normalized spacial score (nSPS) is 25.3. The smallest absolute Gasteiger partial charge is 0.410 e. The molecule has 0 bridgehead atoms. The van der Waals surface area contributed by atoms with Gasteiger partial charge in [-0.2, -0.15) is 0 Å². The van der Waals surface area contributed by atoms with E-state index in [1.165, 1.54) is 28.7 Å². The lowest BCUT2D eigenvalue weighted by Gasteiger charge is -2.36. The molecular formula is C39H49FN6O7. The lowest BCUT2D eigenvalue weighted by Crippen LogP contribution is -2.51. The number of benzene rings is 1. The quantitative estimate of drug-likeness (QED) is 0.0957. The molecule has 2 aliphatic carbocycles. The molecule has 4 fully saturated rings. The summed E-state index contributed by atoms with van der Waals surface area (Å²) in [4.78, 5) is 82.0. The number of carbonyl (C=O) groups is 4. The Bertz CT molecular complexity index is 1830. The minimum Gasteiger partial charge on any atom is -0.444 e. The van der Waals surface area contributed by atoms with Crippen LogP contribution in [-0.4, -0.2) is 90.9 Å². The summed E-state index contributed by atoms with van der Waals surface area (Å²) in [6.07, 6.45) is 11.1. The molecule has 2 aromatic rings. The topological polar surface area (TPSA) is 157 Å². The van der Waals surface area contributed by atoms with Gasteiger partial charge >= 0.3 is 6.09 Å². The first kappa shape index (κ1) is 36.8. The summed E-state index contributed by atoms with van der Waals surface area (Å²) < 4.78 is 20.0. The highest BCUT2D eigenvalue weighted by molar-refractivity contribution is 5.91. The number of hydrogen-bond donors (Lipinski definition) is 3. The molecule has 0 unspecified atom stereocenters. The fourth-order valence-corrected chi connectivity index (χ4v) is 7.95. The van der Waals surface area contributed by atoms with E-state index in [0.717, 1.165) is 38.6 Å². The van der Waals surface area contributed by atoms with Crippen molar-refractivity contribution in [2.45, 2.75) is 101 Å². The molecule has 13 nitrogen and oxygen atoms in total. The van der Waals surface area contributed by atoms with Gasteiger partial charge in [0, 0.05) is 44.1 Å². The molecule has 53 heavy (non-hydrogen) atoms. The van der Waals surface area contributed by atoms with Crippen LogP contribution in [0.15, 0.2) is 39.9 Å². The number of aldehydes is 1. The van der Waals surface area contributed by atoms with E-state index < -0.39 is 46.6 Å². The number of nitrogens with one attached hydrogen (secondary N) is 3. The number of allylic oxidation sites excluding steroid dienone is 1. The highest BCUT2D eigenvalue weighted by Gasteiger charge is 2.57. The maximum atomic E-state index is 14.3. The predicted octanol–water partition coefficient (Wildman–Crippen LogP) is 2.74. The molecule has 7 rings (SSSR count). The standard InChI is InChI=1S/C39H49FN6O7/c1-41-39(37(51)42-19-24-13-14-24)18-26(39)10-5-3-2-4-6-12-31(43-32-33(35(49)34(32)48)44-15-8-16-44)36(50)46-21-28(17-27(46)23-47)53-38(52)45-20-25-9-7-11-30(40)29(25)22-45/h5,7,9-11,23-24,26-28,31,41,43H,2-4,6,8,12-22H2,1H3,(H,42,51)/b10-5-/t26-,27+,28-,31+,39-/m1/s1. The Morgan fingerprint density at radius 1 is 1.09 bits per heavy atom. The van der Waals surface area contributed by atoms with Crippen LogP contribution in [-0.2, 0) is 32.2 Å². The van der Waals surface area contributed by atoms with Crippen molar-refractivity contribution < 1.29 is 28.3 Å². The SMILES string of the molecule is CN[C@]1(C(=O)NCC2CC2)C[C@H]1/C=C\CCCCC[C@H](Nc1c(N2CCC2)c(=O)c1=O)C(=O)N1C[C@H](OC(=O)N2Cc3cccc(F)c3C2)C[C@H]1C=O. The van der Waals surface area contributed by atoms with Gasteiger partial charge < -0.3 is 35.3 Å². The maximum Gasteiger partial charge on any atom is 0.410 e. The number of likely N-dealkylation sites (N-methyl/N-ethyl adjacent to an activating group) is 1. The number of ether oxygens (including phenoxy) is 1. The molecule has 5 aliphatic rings. The van der Waals surface area contributed by atoms with Crippen LogP contribution in [0.25, 0.3) is 0 Å². The van der Waals surface area contributed by atoms with Crippen LogP contribution in [0, 0.1) is 17.7 Å². The van der Waals surface area contributed by atoms with Crippen molar-refractivity contribution in [1.29, 1.82) is 0 Å². The molecule has 3 N–H and O–H groups in total. The summed E-state index contributed by atoms with van der Waals surface area (Å²) >= 11 is 0. The van der Waals surface area contributed by atoms with E-state index in [0.29, 0.717) is 54.9 Å². The third-order valence-corrected chi connectivity index (χ3v) is 11.7. The van der Waals surface area contributed by atoms with E-state index >= 15 is 0 Å². The molecule has 0 spiro atoms. The zero-order valence-electron chi connectivity index (χ0n) is 30.2. The van der Waals surface area contributed by atoms with Gasteiger partial charge in [-0.15, -0.1) is 0 Å². The average Bonchev–Trinajstić information content (AvgIpc) is 4.01. The van der Waals surface area contributed by atoms with Crippen LogP contribution in [0.5, 0.6) is 0 Å². The maximum absolute atomic E-state index is 14.3. The summed E-state index contributed by atoms with van der Waals surface area (Å²) in [5.41, 5.74) is -0.143. The fourth-order valence-electron chi connectivity index (χ4n) is 7.95. The largest absolute Gasteiger partial charge is 0.444 e. The number of carbonyl (C=O) groups excluding carboxylic acids is 4. The minimum atomic E-state index is -0.876. The zero-order valence-corrected chi connectivity index (χ0v) is 30.2. The predicted molar refractivity (Wildman–Crippen MR) is 196 cm³/mol. The van der Waals surface area contributed by atoms with Gasteiger partial charge in [0.2, 0.25) is 11.8 Å². The molecule has 14 heteroatoms. The van der Waals surface area contributed by atoms with Crippen molar-refractivity contribution in [3.8, 4) is 0 Å². The van der Waals surface area contributed by atoms with Crippen LogP contribution >= 0.6 is 0 Å². The Morgan fingerprint density at radius 2 is 1.91 bits per heavy atom. The van der Waals surface area contributed by atoms with Crippen LogP contribution in [0.1, 0.15) is 75.3 Å². The first-order chi connectivity index (χ1) is 25.6. The van der Waals surface area contributed by atoms with Crippen molar-refractivity contribution in [3.63, 3.8) is 0 Å². The van der Waals surface area contributed by atoms with Crippen molar-refractivity contribution in [2.75, 3.05) is 43.4 Å². The summed E-state index contributed by atoms with van der Waals surface area (Å²) in [5, 5.41) is 9.40. The molecule has 2 aromatic carbocycles. The second-order valence-electron chi connectivity index (χ2n) is 15.3. The van der Waals surface area contributed by atoms with E-state index in [4.69, 9.17) is 4.74 Å². The molecule has 0 aromatic heterocycles. The number of anilines is 2. The van der Waals surface area contributed by atoms with Gasteiger partial charge in [0.25, 0.3) is 10.9 Å². The molecule has 284 valence electrons. The number of likely N-dealkylation sites (tertiary alicyclic amines) is 1. The second kappa shape index (κ2) is 15.4. The van der Waals surface area contributed by atoms with Gasteiger partial charge in [-0.05, 0) is 69.5 Å². The number of halogens is 1. The molecule has 2 saturated carbocycles. The van der Waals surface area contributed by atoms with E-state index in [9.17, 15) is 33.2 Å². The third kappa shape index (κ3) is 7.60. The Morgan fingerprint density at radius 3 is 2.60 bits per heavy atom. The molecule has 5 atom stereocenters. The van der Waals surface area contributed by atoms with Crippen LogP contribution in [0.2, 0.25) is 0 Å². The van der Waals surface area contributed by atoms with Crippen molar-refractivity contribution >= 4 is 35.6 Å². The van der Waals surface area contributed by atoms with Gasteiger partial charge in [0.1, 0.15) is 41.2 Å². The van der Waals surface area contributed by atoms with Crippen molar-refractivity contribution in [3.05, 3.63) is 67.7 Å². The van der Waals surface area contributed by atoms with Crippen molar-refractivity contribution in [1.82, 2.24) is 20.4 Å². The number of fused-ring (bicyclic) bond motifs is 1. The number of nitrogens with zero attached hydrogens (tertiary/aromatic N) is 3. The monoisotopic (exact) mass is 732 g/mol. The first-order valence-electron chi connectivity index (χ1n) is 19.1. The molecule has 3 aliphatic heterocycles. The second-order valence-corrected chi connectivity index (χ2v) is 15.3. The summed E-state index contributed by atoms with van der Waals surface area (Å²) in [7, 11) is 1.83. The van der Waals surface area contributed by atoms with Gasteiger partial charge in [-0.1, -0.05) is 37.1 Å². The van der Waals surface area contributed by atoms with E-state index in [1.807, 2.05) is 11.9 Å². The average molecular weight is 733 g/mol. The number of amides is 3. The molecule has 3 amide bonds. The van der Waals surface area contributed by atoms with Gasteiger partial charge in [0.05, 0.1) is 19.1 Å². The first-order valence-corrected chi connectivity index (χ1v) is 19.1. The number of unbranched alkanes of at least 4 members (excludes halogenated alkanes) is 3. The highest BCUT2D eigenvalue weighted by atomic mass is 19.1. The zero-order chi connectivity index (χ0) is 37.3. The lowest BCUT2D eigenvalue weighted by molar-refractivity contribution is -0.135. The Balaban J connectivity index is 0.940. The number of hydrogen-bond acceptors (Lipinski definition) is 10. The minimum absolute atomic E-state index is 0.00904. The van der Waals surface area contributed by atoms with Gasteiger partial charge in [0.15, 0.2) is 0 Å². The number of rotatable bonds is 17. The van der Waals surface area contributed by atoms with Crippen LogP contribution < -0.4 is 31.7 Å². The van der Waals surface area contributed by atoms with Gasteiger partial charge in [-0.3, -0.25) is 24.1 Å². The molecule has 2 saturated heterocycles. The lowest BCUT2D eigenvalue weighted by atomic mass is 10.0. The third-order valence-electron chi connectivity index (χ3n) is 11.7. The Labute approximate surface area is 308 Å². The van der Waals surface area contributed by atoms with Gasteiger partial charge in [-0.25, -0.2) is 9.18 Å². The molecule has 0 radical (unpaired) electrons. The fraction of sp³-hybridized carbons (Fsp3) is 0.590. The van der Waals surface area contributed by atoms with E-state index in [2.05, 4.69) is 28.1 Å². The summed E-state index contributed by atoms with van der Waals surface area (Å²) in [5.74, 6) is 0.0505. The highest BCUT2D eigenvalue weighted by Crippen LogP contribution is 2.45. The van der Waals surface area contributed by atoms with E-state index in [1.54, 1.807) is 12.1 Å². The van der Waals surface area contributed by atoms with Crippen molar-refractivity contribution in [2.24, 2.45) is 11.8 Å². The Hall–Kier alpha value is -4.59. The van der Waals surface area contributed by atoms with E-state index in [-0.39, 0.29) is 49.4 Å².